The summed E-state index contributed by atoms with van der Waals surface area (Å²) in [4.78, 5) is 0. The monoisotopic (exact) mass is 289 g/mol. The van der Waals surface area contributed by atoms with Gasteiger partial charge in [-0.05, 0) is 24.8 Å². The first-order chi connectivity index (χ1) is 10.2. The van der Waals surface area contributed by atoms with Gasteiger partial charge in [-0.2, -0.15) is 0 Å². The Bertz CT molecular complexity index is 460. The van der Waals surface area contributed by atoms with Crippen molar-refractivity contribution in [3.63, 3.8) is 0 Å². The smallest absolute Gasteiger partial charge is 0.124 e. The van der Waals surface area contributed by atoms with Gasteiger partial charge in [0.05, 0.1) is 6.61 Å². The van der Waals surface area contributed by atoms with Crippen LogP contribution in [-0.4, -0.2) is 23.9 Å². The van der Waals surface area contributed by atoms with Gasteiger partial charge in [0.1, 0.15) is 12.4 Å². The molecule has 1 aliphatic rings. The van der Waals surface area contributed by atoms with Crippen LogP contribution in [0, 0.1) is 5.92 Å². The van der Waals surface area contributed by atoms with E-state index in [-0.39, 0.29) is 12.1 Å². The minimum Gasteiger partial charge on any atom is -0.489 e. The van der Waals surface area contributed by atoms with E-state index in [4.69, 9.17) is 4.74 Å². The fourth-order valence-corrected chi connectivity index (χ4v) is 3.24. The Kier molecular flexibility index (Phi) is 5.83. The summed E-state index contributed by atoms with van der Waals surface area (Å²) < 4.78 is 5.69. The van der Waals surface area contributed by atoms with Gasteiger partial charge in [0.15, 0.2) is 0 Å². The molecule has 2 rings (SSSR count). The Morgan fingerprint density at radius 2 is 2.29 bits per heavy atom. The maximum absolute atomic E-state index is 9.84. The molecule has 2 atom stereocenters. The normalized spacial score (nSPS) is 25.5. The van der Waals surface area contributed by atoms with Crippen LogP contribution in [0.5, 0.6) is 5.75 Å². The summed E-state index contributed by atoms with van der Waals surface area (Å²) in [7, 11) is 0. The molecular weight excluding hydrogens is 262 g/mol. The zero-order valence-electron chi connectivity index (χ0n) is 13.0. The predicted octanol–water partition coefficient (Wildman–Crippen LogP) is 3.28. The molecule has 0 saturated heterocycles. The summed E-state index contributed by atoms with van der Waals surface area (Å²) in [5.74, 6) is 1.56. The molecule has 0 aromatic heterocycles. The molecule has 21 heavy (non-hydrogen) atoms. The highest BCUT2D eigenvalue weighted by Crippen LogP contribution is 2.32. The van der Waals surface area contributed by atoms with Crippen molar-refractivity contribution in [1.82, 2.24) is 5.32 Å². The number of aliphatic hydroxyl groups excluding tert-OH is 1. The average Bonchev–Trinajstić information content (AvgIpc) is 2.52. The standard InChI is InChI=1S/C18H27NO2/c1-3-11-21-17-9-5-4-8-16(17)13-19-18(14-20)10-6-7-15(2)12-18/h3-5,8-9,15,19-20H,1,6-7,10-14H2,2H3. The van der Waals surface area contributed by atoms with E-state index in [2.05, 4.69) is 24.9 Å². The Morgan fingerprint density at radius 3 is 3.00 bits per heavy atom. The summed E-state index contributed by atoms with van der Waals surface area (Å²) in [6.07, 6.45) is 6.29. The molecule has 1 aromatic rings. The topological polar surface area (TPSA) is 41.5 Å². The largest absolute Gasteiger partial charge is 0.489 e. The van der Waals surface area contributed by atoms with E-state index in [1.165, 1.54) is 12.8 Å². The van der Waals surface area contributed by atoms with Crippen molar-refractivity contribution in [2.24, 2.45) is 5.92 Å². The van der Waals surface area contributed by atoms with Gasteiger partial charge >= 0.3 is 0 Å². The highest BCUT2D eigenvalue weighted by Gasteiger charge is 2.33. The lowest BCUT2D eigenvalue weighted by atomic mass is 9.77. The Balaban J connectivity index is 2.02. The van der Waals surface area contributed by atoms with Crippen molar-refractivity contribution < 1.29 is 9.84 Å². The van der Waals surface area contributed by atoms with Crippen LogP contribution in [0.3, 0.4) is 0 Å². The lowest BCUT2D eigenvalue weighted by Crippen LogP contribution is -2.51. The third-order valence-electron chi connectivity index (χ3n) is 4.38. The highest BCUT2D eigenvalue weighted by molar-refractivity contribution is 5.33. The fraction of sp³-hybridized carbons (Fsp3) is 0.556. The molecule has 1 aliphatic carbocycles. The van der Waals surface area contributed by atoms with Gasteiger partial charge in [-0.3, -0.25) is 0 Å². The molecule has 0 heterocycles. The quantitative estimate of drug-likeness (QED) is 0.757. The number of rotatable bonds is 7. The molecule has 0 bridgehead atoms. The molecule has 0 spiro atoms. The van der Waals surface area contributed by atoms with Crippen LogP contribution >= 0.6 is 0 Å². The molecule has 3 nitrogen and oxygen atoms in total. The molecule has 2 N–H and O–H groups in total. The number of benzene rings is 1. The molecule has 0 radical (unpaired) electrons. The zero-order valence-corrected chi connectivity index (χ0v) is 13.0. The lowest BCUT2D eigenvalue weighted by Gasteiger charge is -2.39. The van der Waals surface area contributed by atoms with Crippen molar-refractivity contribution in [1.29, 1.82) is 0 Å². The molecule has 3 heteroatoms. The van der Waals surface area contributed by atoms with Gasteiger partial charge in [0.25, 0.3) is 0 Å². The van der Waals surface area contributed by atoms with E-state index in [1.54, 1.807) is 6.08 Å². The Labute approximate surface area is 128 Å². The van der Waals surface area contributed by atoms with E-state index in [0.717, 1.165) is 30.7 Å². The maximum atomic E-state index is 9.84. The van der Waals surface area contributed by atoms with Crippen LogP contribution in [0.2, 0.25) is 0 Å². The van der Waals surface area contributed by atoms with E-state index < -0.39 is 0 Å². The van der Waals surface area contributed by atoms with Gasteiger partial charge in [-0.25, -0.2) is 0 Å². The third kappa shape index (κ3) is 4.32. The second-order valence-electron chi connectivity index (χ2n) is 6.20. The van der Waals surface area contributed by atoms with Crippen LogP contribution in [0.25, 0.3) is 0 Å². The second kappa shape index (κ2) is 7.62. The summed E-state index contributed by atoms with van der Waals surface area (Å²) in [6, 6.07) is 8.05. The SMILES string of the molecule is C=CCOc1ccccc1CNC1(CO)CCCC(C)C1. The molecule has 1 saturated carbocycles. The first kappa shape index (κ1) is 16.1. The van der Waals surface area contributed by atoms with Gasteiger partial charge in [0, 0.05) is 17.6 Å². The Hall–Kier alpha value is -1.32. The fourth-order valence-electron chi connectivity index (χ4n) is 3.24. The maximum Gasteiger partial charge on any atom is 0.124 e. The highest BCUT2D eigenvalue weighted by atomic mass is 16.5. The van der Waals surface area contributed by atoms with Crippen LogP contribution < -0.4 is 10.1 Å². The molecular formula is C18H27NO2. The molecule has 1 fully saturated rings. The minimum atomic E-state index is -0.136. The number of nitrogens with one attached hydrogen (secondary N) is 1. The predicted molar refractivity (Wildman–Crippen MR) is 86.4 cm³/mol. The molecule has 0 amide bonds. The number of aliphatic hydroxyl groups is 1. The van der Waals surface area contributed by atoms with Crippen LogP contribution in [0.4, 0.5) is 0 Å². The van der Waals surface area contributed by atoms with Gasteiger partial charge in [0.2, 0.25) is 0 Å². The van der Waals surface area contributed by atoms with E-state index >= 15 is 0 Å². The first-order valence-corrected chi connectivity index (χ1v) is 7.86. The molecule has 1 aromatic carbocycles. The lowest BCUT2D eigenvalue weighted by molar-refractivity contribution is 0.0980. The summed E-state index contributed by atoms with van der Waals surface area (Å²) in [5.41, 5.74) is 0.994. The van der Waals surface area contributed by atoms with Crippen LogP contribution in [0.1, 0.15) is 38.2 Å². The summed E-state index contributed by atoms with van der Waals surface area (Å²) >= 11 is 0. The molecule has 0 aliphatic heterocycles. The zero-order chi connectivity index (χ0) is 15.1. The van der Waals surface area contributed by atoms with Gasteiger partial charge in [-0.15, -0.1) is 0 Å². The summed E-state index contributed by atoms with van der Waals surface area (Å²) in [6.45, 7) is 7.39. The van der Waals surface area contributed by atoms with Crippen LogP contribution in [0.15, 0.2) is 36.9 Å². The molecule has 2 unspecified atom stereocenters. The summed E-state index contributed by atoms with van der Waals surface area (Å²) in [5, 5.41) is 13.4. The van der Waals surface area contributed by atoms with Crippen molar-refractivity contribution in [3.05, 3.63) is 42.5 Å². The second-order valence-corrected chi connectivity index (χ2v) is 6.20. The number of para-hydroxylation sites is 1. The average molecular weight is 289 g/mol. The minimum absolute atomic E-state index is 0.136. The Morgan fingerprint density at radius 1 is 1.48 bits per heavy atom. The van der Waals surface area contributed by atoms with E-state index in [0.29, 0.717) is 12.5 Å². The van der Waals surface area contributed by atoms with Crippen molar-refractivity contribution in [2.45, 2.75) is 44.7 Å². The number of ether oxygens (including phenoxy) is 1. The first-order valence-electron chi connectivity index (χ1n) is 7.86. The van der Waals surface area contributed by atoms with Crippen molar-refractivity contribution in [2.75, 3.05) is 13.2 Å². The number of hydrogen-bond donors (Lipinski definition) is 2. The van der Waals surface area contributed by atoms with E-state index in [9.17, 15) is 5.11 Å². The van der Waals surface area contributed by atoms with Crippen molar-refractivity contribution >= 4 is 0 Å². The molecule has 116 valence electrons. The third-order valence-corrected chi connectivity index (χ3v) is 4.38. The van der Waals surface area contributed by atoms with Crippen LogP contribution in [-0.2, 0) is 6.54 Å². The van der Waals surface area contributed by atoms with Gasteiger partial charge in [-0.1, -0.05) is 50.6 Å². The number of hydrogen-bond acceptors (Lipinski definition) is 3. The van der Waals surface area contributed by atoms with Crippen molar-refractivity contribution in [3.8, 4) is 5.75 Å². The van der Waals surface area contributed by atoms with E-state index in [1.807, 2.05) is 18.2 Å². The van der Waals surface area contributed by atoms with Gasteiger partial charge < -0.3 is 15.2 Å².